The van der Waals surface area contributed by atoms with E-state index in [1.54, 1.807) is 18.2 Å². The first kappa shape index (κ1) is 16.9. The number of fused-ring (bicyclic) bond motifs is 1. The van der Waals surface area contributed by atoms with Gasteiger partial charge in [0, 0.05) is 12.8 Å². The molecule has 5 heteroatoms. The van der Waals surface area contributed by atoms with E-state index in [0.29, 0.717) is 23.1 Å². The Hall–Kier alpha value is -2.95. The summed E-state index contributed by atoms with van der Waals surface area (Å²) in [4.78, 5) is 31.5. The van der Waals surface area contributed by atoms with Crippen molar-refractivity contribution in [1.29, 1.82) is 0 Å². The van der Waals surface area contributed by atoms with Crippen molar-refractivity contribution in [2.45, 2.75) is 32.2 Å². The third-order valence-corrected chi connectivity index (χ3v) is 4.20. The van der Waals surface area contributed by atoms with Gasteiger partial charge in [-0.3, -0.25) is 9.59 Å². The predicted octanol–water partition coefficient (Wildman–Crippen LogP) is 3.12. The fraction of sp³-hybridized carbons (Fsp3) is 0.250. The van der Waals surface area contributed by atoms with Crippen LogP contribution >= 0.6 is 0 Å². The first-order valence-corrected chi connectivity index (χ1v) is 8.49. The zero-order valence-electron chi connectivity index (χ0n) is 14.2. The predicted molar refractivity (Wildman–Crippen MR) is 98.3 cm³/mol. The van der Waals surface area contributed by atoms with Crippen molar-refractivity contribution < 1.29 is 4.79 Å². The standard InChI is InChI=1S/C20H21N3O2/c1-2-16(14-8-4-3-5-9-14)22-19(24)13-12-18-21-17-11-7-6-10-15(17)20(25)23-18/h3-11,16H,2,12-13H2,1H3,(H,22,24)(H,21,23,25)/t16-/m0/s1. The number of carbonyl (C=O) groups excluding carboxylic acids is 1. The fourth-order valence-corrected chi connectivity index (χ4v) is 2.86. The van der Waals surface area contributed by atoms with Gasteiger partial charge in [-0.2, -0.15) is 0 Å². The Morgan fingerprint density at radius 2 is 1.84 bits per heavy atom. The van der Waals surface area contributed by atoms with Crippen molar-refractivity contribution in [3.8, 4) is 0 Å². The lowest BCUT2D eigenvalue weighted by atomic mass is 10.0. The maximum absolute atomic E-state index is 12.3. The molecule has 1 heterocycles. The van der Waals surface area contributed by atoms with Crippen molar-refractivity contribution in [2.75, 3.05) is 0 Å². The lowest BCUT2D eigenvalue weighted by molar-refractivity contribution is -0.121. The SMILES string of the molecule is CC[C@H](NC(=O)CCc1nc2ccccc2c(=O)[nH]1)c1ccccc1. The molecule has 5 nitrogen and oxygen atoms in total. The van der Waals surface area contributed by atoms with Gasteiger partial charge in [0.2, 0.25) is 5.91 Å². The molecule has 0 spiro atoms. The smallest absolute Gasteiger partial charge is 0.258 e. The minimum atomic E-state index is -0.170. The Labute approximate surface area is 146 Å². The van der Waals surface area contributed by atoms with E-state index in [4.69, 9.17) is 0 Å². The van der Waals surface area contributed by atoms with E-state index in [2.05, 4.69) is 15.3 Å². The second kappa shape index (κ2) is 7.75. The van der Waals surface area contributed by atoms with Crippen LogP contribution in [0.1, 0.15) is 37.2 Å². The average Bonchev–Trinajstić information content (AvgIpc) is 2.65. The third kappa shape index (κ3) is 4.12. The molecular weight excluding hydrogens is 314 g/mol. The Morgan fingerprint density at radius 3 is 2.60 bits per heavy atom. The minimum absolute atomic E-state index is 0.00249. The van der Waals surface area contributed by atoms with Gasteiger partial charge in [0.1, 0.15) is 5.82 Å². The highest BCUT2D eigenvalue weighted by Crippen LogP contribution is 2.16. The largest absolute Gasteiger partial charge is 0.349 e. The van der Waals surface area contributed by atoms with Crippen molar-refractivity contribution in [3.05, 3.63) is 76.3 Å². The number of aryl methyl sites for hydroxylation is 1. The summed E-state index contributed by atoms with van der Waals surface area (Å²) in [7, 11) is 0. The molecule has 0 saturated carbocycles. The number of nitrogens with one attached hydrogen (secondary N) is 2. The molecule has 0 aliphatic rings. The Morgan fingerprint density at radius 1 is 1.12 bits per heavy atom. The summed E-state index contributed by atoms with van der Waals surface area (Å²) in [5.41, 5.74) is 1.57. The molecule has 0 unspecified atom stereocenters. The summed E-state index contributed by atoms with van der Waals surface area (Å²) in [6.07, 6.45) is 1.50. The first-order valence-electron chi connectivity index (χ1n) is 8.49. The van der Waals surface area contributed by atoms with Crippen LogP contribution in [0, 0.1) is 0 Å². The summed E-state index contributed by atoms with van der Waals surface area (Å²) >= 11 is 0. The fourth-order valence-electron chi connectivity index (χ4n) is 2.86. The summed E-state index contributed by atoms with van der Waals surface area (Å²) in [5.74, 6) is 0.484. The average molecular weight is 335 g/mol. The molecule has 0 aliphatic heterocycles. The zero-order valence-corrected chi connectivity index (χ0v) is 14.2. The highest BCUT2D eigenvalue weighted by Gasteiger charge is 2.13. The van der Waals surface area contributed by atoms with Crippen LogP contribution in [0.5, 0.6) is 0 Å². The number of aromatic amines is 1. The number of aromatic nitrogens is 2. The van der Waals surface area contributed by atoms with Crippen LogP contribution in [-0.4, -0.2) is 15.9 Å². The zero-order chi connectivity index (χ0) is 17.6. The number of rotatable bonds is 6. The molecule has 0 bridgehead atoms. The number of nitrogens with zero attached hydrogens (tertiary/aromatic N) is 1. The molecule has 0 saturated heterocycles. The highest BCUT2D eigenvalue weighted by atomic mass is 16.1. The number of hydrogen-bond donors (Lipinski definition) is 2. The summed E-state index contributed by atoms with van der Waals surface area (Å²) in [6.45, 7) is 2.04. The van der Waals surface area contributed by atoms with Crippen molar-refractivity contribution in [1.82, 2.24) is 15.3 Å². The Bertz CT molecular complexity index is 919. The van der Waals surface area contributed by atoms with Crippen LogP contribution in [0.25, 0.3) is 10.9 Å². The monoisotopic (exact) mass is 335 g/mol. The molecule has 128 valence electrons. The van der Waals surface area contributed by atoms with E-state index in [1.165, 1.54) is 0 Å². The van der Waals surface area contributed by atoms with Gasteiger partial charge in [-0.1, -0.05) is 49.4 Å². The second-order valence-corrected chi connectivity index (χ2v) is 5.97. The Balaban J connectivity index is 1.65. The van der Waals surface area contributed by atoms with E-state index in [-0.39, 0.29) is 23.9 Å². The number of carbonyl (C=O) groups is 1. The number of hydrogen-bond acceptors (Lipinski definition) is 3. The van der Waals surface area contributed by atoms with Gasteiger partial charge < -0.3 is 10.3 Å². The number of amides is 1. The van der Waals surface area contributed by atoms with E-state index < -0.39 is 0 Å². The molecule has 1 aromatic heterocycles. The highest BCUT2D eigenvalue weighted by molar-refractivity contribution is 5.78. The van der Waals surface area contributed by atoms with Crippen LogP contribution in [0.15, 0.2) is 59.4 Å². The number of para-hydroxylation sites is 1. The molecule has 1 atom stereocenters. The molecule has 0 fully saturated rings. The molecule has 2 N–H and O–H groups in total. The third-order valence-electron chi connectivity index (χ3n) is 4.20. The number of H-pyrrole nitrogens is 1. The summed E-state index contributed by atoms with van der Waals surface area (Å²) in [5, 5.41) is 3.61. The lowest BCUT2D eigenvalue weighted by Gasteiger charge is -2.17. The van der Waals surface area contributed by atoms with Gasteiger partial charge in [-0.15, -0.1) is 0 Å². The molecule has 3 aromatic rings. The summed E-state index contributed by atoms with van der Waals surface area (Å²) in [6, 6.07) is 17.1. The van der Waals surface area contributed by atoms with Crippen LogP contribution < -0.4 is 10.9 Å². The topological polar surface area (TPSA) is 74.8 Å². The molecule has 0 radical (unpaired) electrons. The maximum atomic E-state index is 12.3. The van der Waals surface area contributed by atoms with Crippen LogP contribution in [-0.2, 0) is 11.2 Å². The van der Waals surface area contributed by atoms with Gasteiger partial charge in [-0.05, 0) is 24.1 Å². The van der Waals surface area contributed by atoms with E-state index >= 15 is 0 Å². The van der Waals surface area contributed by atoms with Gasteiger partial charge in [0.15, 0.2) is 0 Å². The van der Waals surface area contributed by atoms with Crippen molar-refractivity contribution in [2.24, 2.45) is 0 Å². The first-order chi connectivity index (χ1) is 12.2. The summed E-state index contributed by atoms with van der Waals surface area (Å²) < 4.78 is 0. The van der Waals surface area contributed by atoms with Gasteiger partial charge in [-0.25, -0.2) is 4.98 Å². The van der Waals surface area contributed by atoms with Crippen LogP contribution in [0.2, 0.25) is 0 Å². The quantitative estimate of drug-likeness (QED) is 0.727. The van der Waals surface area contributed by atoms with Crippen LogP contribution in [0.3, 0.4) is 0 Å². The lowest BCUT2D eigenvalue weighted by Crippen LogP contribution is -2.28. The number of benzene rings is 2. The maximum Gasteiger partial charge on any atom is 0.258 e. The Kier molecular flexibility index (Phi) is 5.23. The minimum Gasteiger partial charge on any atom is -0.349 e. The molecule has 1 amide bonds. The van der Waals surface area contributed by atoms with Crippen molar-refractivity contribution >= 4 is 16.8 Å². The van der Waals surface area contributed by atoms with Crippen molar-refractivity contribution in [3.63, 3.8) is 0 Å². The van der Waals surface area contributed by atoms with Gasteiger partial charge >= 0.3 is 0 Å². The molecular formula is C20H21N3O2. The molecule has 25 heavy (non-hydrogen) atoms. The van der Waals surface area contributed by atoms with Crippen LogP contribution in [0.4, 0.5) is 0 Å². The molecule has 0 aliphatic carbocycles. The van der Waals surface area contributed by atoms with Gasteiger partial charge in [0.05, 0.1) is 16.9 Å². The molecule has 3 rings (SSSR count). The second-order valence-electron chi connectivity index (χ2n) is 5.97. The van der Waals surface area contributed by atoms with E-state index in [1.807, 2.05) is 43.3 Å². The molecule has 2 aromatic carbocycles. The van der Waals surface area contributed by atoms with Gasteiger partial charge in [0.25, 0.3) is 5.56 Å². The normalized spacial score (nSPS) is 12.0. The van der Waals surface area contributed by atoms with E-state index in [9.17, 15) is 9.59 Å². The van der Waals surface area contributed by atoms with E-state index in [0.717, 1.165) is 12.0 Å².